The van der Waals surface area contributed by atoms with E-state index in [0.29, 0.717) is 29.5 Å². The molecule has 0 aliphatic carbocycles. The van der Waals surface area contributed by atoms with Gasteiger partial charge in [0.1, 0.15) is 6.26 Å². The van der Waals surface area contributed by atoms with E-state index in [1.54, 1.807) is 42.4 Å². The maximum atomic E-state index is 12.3. The van der Waals surface area contributed by atoms with E-state index in [1.807, 2.05) is 12.1 Å². The Hall–Kier alpha value is -3.11. The molecule has 168 valence electrons. The lowest BCUT2D eigenvalue weighted by Crippen LogP contribution is -2.31. The summed E-state index contributed by atoms with van der Waals surface area (Å²) >= 11 is 7.86. The number of oxazole rings is 1. The molecule has 1 saturated heterocycles. The summed E-state index contributed by atoms with van der Waals surface area (Å²) in [5, 5.41) is 14.8. The number of hydrogen-bond donors (Lipinski definition) is 2. The third kappa shape index (κ3) is 4.53. The minimum Gasteiger partial charge on any atom is -0.478 e. The van der Waals surface area contributed by atoms with Crippen LogP contribution in [-0.2, 0) is 4.74 Å². The molecule has 4 aromatic rings. The van der Waals surface area contributed by atoms with Gasteiger partial charge in [0.15, 0.2) is 0 Å². The predicted octanol–water partition coefficient (Wildman–Crippen LogP) is 5.32. The number of rotatable bonds is 6. The first kappa shape index (κ1) is 21.7. The number of carboxylic acids is 1. The lowest BCUT2D eigenvalue weighted by molar-refractivity contribution is 0.0698. The largest absolute Gasteiger partial charge is 0.478 e. The maximum absolute atomic E-state index is 12.3. The minimum atomic E-state index is -1.09. The molecule has 5 rings (SSSR count). The van der Waals surface area contributed by atoms with Crippen LogP contribution >= 0.6 is 23.5 Å². The molecule has 2 N–H and O–H groups in total. The molecule has 0 bridgehead atoms. The zero-order chi connectivity index (χ0) is 22.8. The normalized spacial score (nSPS) is 14.5. The van der Waals surface area contributed by atoms with Crippen LogP contribution < -0.4 is 5.32 Å². The number of carboxylic acid groups (broad SMARTS) is 1. The number of ether oxygens (including phenoxy) is 1. The van der Waals surface area contributed by atoms with Crippen molar-refractivity contribution in [2.75, 3.05) is 31.6 Å². The summed E-state index contributed by atoms with van der Waals surface area (Å²) in [7, 11) is 0. The van der Waals surface area contributed by atoms with Gasteiger partial charge in [-0.1, -0.05) is 17.7 Å². The Balaban J connectivity index is 1.63. The van der Waals surface area contributed by atoms with E-state index in [1.165, 1.54) is 12.5 Å². The van der Waals surface area contributed by atoms with Gasteiger partial charge in [-0.05, 0) is 42.3 Å². The van der Waals surface area contributed by atoms with Crippen LogP contribution in [-0.4, -0.2) is 51.7 Å². The fraction of sp³-hybridized carbons (Fsp3) is 0.174. The van der Waals surface area contributed by atoms with Gasteiger partial charge < -0.3 is 19.6 Å². The first-order valence-corrected chi connectivity index (χ1v) is 11.4. The van der Waals surface area contributed by atoms with Crippen molar-refractivity contribution in [2.45, 2.75) is 4.90 Å². The maximum Gasteiger partial charge on any atom is 0.338 e. The number of pyridine rings is 1. The fourth-order valence-corrected chi connectivity index (χ4v) is 4.81. The van der Waals surface area contributed by atoms with Crippen LogP contribution in [0.3, 0.4) is 0 Å². The van der Waals surface area contributed by atoms with Gasteiger partial charge in [0, 0.05) is 29.7 Å². The number of hydrogen-bond acceptors (Lipinski definition) is 8. The first-order chi connectivity index (χ1) is 16.1. The third-order valence-corrected chi connectivity index (χ3v) is 6.56. The van der Waals surface area contributed by atoms with Crippen LogP contribution in [0.25, 0.3) is 22.4 Å². The number of anilines is 2. The standard InChI is InChI=1S/C23H19ClN4O4S/c24-14-4-5-17-16(12-14)21(19(13-26-17)33-28-7-10-31-11-8-28)27-18-3-1-2-15(20(18)23(29)30)22-25-6-9-32-22/h1-6,9,12-13H,7-8,10-11H2,(H,26,27)(H,29,30). The summed E-state index contributed by atoms with van der Waals surface area (Å²) in [6, 6.07) is 10.6. The molecule has 8 nitrogen and oxygen atoms in total. The van der Waals surface area contributed by atoms with Gasteiger partial charge in [-0.2, -0.15) is 0 Å². The van der Waals surface area contributed by atoms with Crippen molar-refractivity contribution in [2.24, 2.45) is 0 Å². The van der Waals surface area contributed by atoms with Gasteiger partial charge in [-0.3, -0.25) is 4.98 Å². The van der Waals surface area contributed by atoms with E-state index in [2.05, 4.69) is 19.6 Å². The van der Waals surface area contributed by atoms with Gasteiger partial charge in [0.2, 0.25) is 5.89 Å². The highest BCUT2D eigenvalue weighted by molar-refractivity contribution is 7.97. The summed E-state index contributed by atoms with van der Waals surface area (Å²) in [6.45, 7) is 2.86. The monoisotopic (exact) mass is 482 g/mol. The van der Waals surface area contributed by atoms with E-state index < -0.39 is 5.97 Å². The zero-order valence-electron chi connectivity index (χ0n) is 17.3. The highest BCUT2D eigenvalue weighted by atomic mass is 35.5. The van der Waals surface area contributed by atoms with E-state index in [4.69, 9.17) is 20.8 Å². The number of carbonyl (C=O) groups is 1. The molecule has 2 aromatic heterocycles. The molecule has 0 saturated carbocycles. The Morgan fingerprint density at radius 2 is 2.03 bits per heavy atom. The van der Waals surface area contributed by atoms with E-state index in [0.717, 1.165) is 34.6 Å². The SMILES string of the molecule is O=C(O)c1c(Nc2c(SN3CCOCC3)cnc3ccc(Cl)cc23)cccc1-c1ncco1. The highest BCUT2D eigenvalue weighted by Gasteiger charge is 2.22. The lowest BCUT2D eigenvalue weighted by atomic mass is 10.0. The zero-order valence-corrected chi connectivity index (χ0v) is 18.9. The van der Waals surface area contributed by atoms with Gasteiger partial charge in [0.05, 0.1) is 52.3 Å². The average Bonchev–Trinajstić information content (AvgIpc) is 3.36. The summed E-state index contributed by atoms with van der Waals surface area (Å²) in [5.41, 5.74) is 2.33. The van der Waals surface area contributed by atoms with E-state index in [-0.39, 0.29) is 11.5 Å². The number of fused-ring (bicyclic) bond motifs is 1. The van der Waals surface area contributed by atoms with Crippen molar-refractivity contribution < 1.29 is 19.1 Å². The molecular weight excluding hydrogens is 464 g/mol. The van der Waals surface area contributed by atoms with Crippen molar-refractivity contribution >= 4 is 51.8 Å². The fourth-order valence-electron chi connectivity index (χ4n) is 3.68. The number of aromatic carboxylic acids is 1. The molecule has 33 heavy (non-hydrogen) atoms. The van der Waals surface area contributed by atoms with Crippen molar-refractivity contribution in [1.29, 1.82) is 0 Å². The second-order valence-electron chi connectivity index (χ2n) is 7.29. The molecule has 10 heteroatoms. The van der Waals surface area contributed by atoms with E-state index >= 15 is 0 Å². The van der Waals surface area contributed by atoms with Crippen molar-refractivity contribution in [3.8, 4) is 11.5 Å². The van der Waals surface area contributed by atoms with Crippen LogP contribution in [0.5, 0.6) is 0 Å². The molecule has 1 aliphatic heterocycles. The second-order valence-corrected chi connectivity index (χ2v) is 8.86. The van der Waals surface area contributed by atoms with Crippen LogP contribution in [0.1, 0.15) is 10.4 Å². The molecule has 0 spiro atoms. The van der Waals surface area contributed by atoms with Crippen LogP contribution in [0, 0.1) is 0 Å². The topological polar surface area (TPSA) is 101 Å². The Kier molecular flexibility index (Phi) is 6.19. The Morgan fingerprint density at radius 1 is 1.18 bits per heavy atom. The van der Waals surface area contributed by atoms with Crippen LogP contribution in [0.15, 0.2) is 64.4 Å². The molecular formula is C23H19ClN4O4S. The van der Waals surface area contributed by atoms with Crippen molar-refractivity contribution in [3.05, 3.63) is 65.6 Å². The van der Waals surface area contributed by atoms with Crippen molar-refractivity contribution in [3.63, 3.8) is 0 Å². The molecule has 1 aliphatic rings. The average molecular weight is 483 g/mol. The van der Waals surface area contributed by atoms with E-state index in [9.17, 15) is 9.90 Å². The number of aromatic nitrogens is 2. The summed E-state index contributed by atoms with van der Waals surface area (Å²) in [6.07, 6.45) is 4.68. The molecule has 0 radical (unpaired) electrons. The number of nitrogens with one attached hydrogen (secondary N) is 1. The lowest BCUT2D eigenvalue weighted by Gasteiger charge is -2.26. The summed E-state index contributed by atoms with van der Waals surface area (Å²) in [4.78, 5) is 21.8. The Morgan fingerprint density at radius 3 is 2.79 bits per heavy atom. The Bertz CT molecular complexity index is 1310. The molecule has 0 amide bonds. The summed E-state index contributed by atoms with van der Waals surface area (Å²) in [5.74, 6) is -0.855. The van der Waals surface area contributed by atoms with Gasteiger partial charge >= 0.3 is 5.97 Å². The van der Waals surface area contributed by atoms with Crippen LogP contribution in [0.4, 0.5) is 11.4 Å². The molecule has 0 unspecified atom stereocenters. The third-order valence-electron chi connectivity index (χ3n) is 5.19. The highest BCUT2D eigenvalue weighted by Crippen LogP contribution is 2.39. The number of benzene rings is 2. The molecule has 0 atom stereocenters. The first-order valence-electron chi connectivity index (χ1n) is 10.2. The van der Waals surface area contributed by atoms with Gasteiger partial charge in [-0.25, -0.2) is 14.1 Å². The smallest absolute Gasteiger partial charge is 0.338 e. The number of halogens is 1. The summed E-state index contributed by atoms with van der Waals surface area (Å²) < 4.78 is 13.0. The quantitative estimate of drug-likeness (QED) is 0.353. The van der Waals surface area contributed by atoms with Crippen molar-refractivity contribution in [1.82, 2.24) is 14.3 Å². The second kappa shape index (κ2) is 9.40. The number of morpholine rings is 1. The molecule has 3 heterocycles. The van der Waals surface area contributed by atoms with Gasteiger partial charge in [-0.15, -0.1) is 0 Å². The minimum absolute atomic E-state index is 0.0641. The Labute approximate surface area is 198 Å². The molecule has 1 fully saturated rings. The molecule has 2 aromatic carbocycles. The van der Waals surface area contributed by atoms with Gasteiger partial charge in [0.25, 0.3) is 0 Å². The van der Waals surface area contributed by atoms with Crippen LogP contribution in [0.2, 0.25) is 5.02 Å². The number of nitrogens with zero attached hydrogens (tertiary/aromatic N) is 3. The predicted molar refractivity (Wildman–Crippen MR) is 127 cm³/mol.